The Morgan fingerprint density at radius 1 is 0.944 bits per heavy atom. The van der Waals surface area contributed by atoms with Gasteiger partial charge in [-0.25, -0.2) is 14.5 Å². The maximum atomic E-state index is 13.9. The van der Waals surface area contributed by atoms with Gasteiger partial charge in [0.15, 0.2) is 0 Å². The van der Waals surface area contributed by atoms with Gasteiger partial charge in [-0.1, -0.05) is 85.0 Å². The third kappa shape index (κ3) is 6.94. The molecule has 0 aromatic heterocycles. The fourth-order valence-electron chi connectivity index (χ4n) is 4.29. The topological polar surface area (TPSA) is 72.9 Å². The lowest BCUT2D eigenvalue weighted by Gasteiger charge is -2.27. The molecule has 0 spiro atoms. The van der Waals surface area contributed by atoms with Gasteiger partial charge in [0.1, 0.15) is 11.6 Å². The molecule has 0 aliphatic carbocycles. The van der Waals surface area contributed by atoms with Crippen molar-refractivity contribution in [2.45, 2.75) is 58.6 Å². The second kappa shape index (κ2) is 11.8. The highest BCUT2D eigenvalue weighted by Gasteiger charge is 2.56. The molecule has 6 nitrogen and oxygen atoms in total. The molecule has 0 N–H and O–H groups in total. The maximum Gasteiger partial charge on any atom is 0.417 e. The molecule has 0 unspecified atom stereocenters. The van der Waals surface area contributed by atoms with Gasteiger partial charge in [0.05, 0.1) is 12.0 Å². The molecular weight excluding hydrogens is 454 g/mol. The summed E-state index contributed by atoms with van der Waals surface area (Å²) in [4.78, 5) is 40.9. The first kappa shape index (κ1) is 26.9. The minimum atomic E-state index is -1.04. The fourth-order valence-corrected chi connectivity index (χ4v) is 4.29. The van der Waals surface area contributed by atoms with Crippen LogP contribution in [-0.4, -0.2) is 41.1 Å². The molecule has 0 radical (unpaired) electrons. The Balaban J connectivity index is 1.96. The van der Waals surface area contributed by atoms with Gasteiger partial charge in [-0.2, -0.15) is 0 Å². The predicted octanol–water partition coefficient (Wildman–Crippen LogP) is 6.28. The van der Waals surface area contributed by atoms with Gasteiger partial charge < -0.3 is 9.47 Å². The lowest BCUT2D eigenvalue weighted by Crippen LogP contribution is -2.47. The number of allylic oxidation sites excluding steroid dienone is 2. The fraction of sp³-hybridized carbons (Fsp3) is 0.367. The molecule has 2 aromatic carbocycles. The molecule has 2 amide bonds. The molecule has 1 aliphatic rings. The molecule has 0 saturated carbocycles. The van der Waals surface area contributed by atoms with Crippen molar-refractivity contribution in [3.05, 3.63) is 83.9 Å². The van der Waals surface area contributed by atoms with Crippen molar-refractivity contribution in [1.29, 1.82) is 0 Å². The number of hydrogen-bond donors (Lipinski definition) is 0. The predicted molar refractivity (Wildman–Crippen MR) is 141 cm³/mol. The average Bonchev–Trinajstić information content (AvgIpc) is 3.12. The van der Waals surface area contributed by atoms with Crippen molar-refractivity contribution in [2.75, 3.05) is 6.61 Å². The minimum Gasteiger partial charge on any atom is -0.464 e. The van der Waals surface area contributed by atoms with Crippen LogP contribution in [0.3, 0.4) is 0 Å². The van der Waals surface area contributed by atoms with Crippen LogP contribution < -0.4 is 0 Å². The van der Waals surface area contributed by atoms with Crippen molar-refractivity contribution in [3.63, 3.8) is 0 Å². The number of ether oxygens (including phenoxy) is 2. The summed E-state index contributed by atoms with van der Waals surface area (Å²) in [6.45, 7) is 7.03. The Kier molecular flexibility index (Phi) is 8.86. The third-order valence-corrected chi connectivity index (χ3v) is 5.95. The number of hydrogen-bond acceptors (Lipinski definition) is 5. The van der Waals surface area contributed by atoms with E-state index in [1.807, 2.05) is 85.0 Å². The van der Waals surface area contributed by atoms with Gasteiger partial charge >= 0.3 is 12.1 Å². The summed E-state index contributed by atoms with van der Waals surface area (Å²) in [5.74, 6) is -1.03. The molecule has 6 heteroatoms. The quantitative estimate of drug-likeness (QED) is 0.408. The van der Waals surface area contributed by atoms with E-state index >= 15 is 0 Å². The normalized spacial score (nSPS) is 17.6. The molecule has 1 aliphatic heterocycles. The zero-order chi connectivity index (χ0) is 26.2. The lowest BCUT2D eigenvalue weighted by atomic mass is 9.78. The van der Waals surface area contributed by atoms with Gasteiger partial charge in [0.2, 0.25) is 5.91 Å². The van der Waals surface area contributed by atoms with Crippen molar-refractivity contribution in [1.82, 2.24) is 4.90 Å². The maximum absolute atomic E-state index is 13.9. The minimum absolute atomic E-state index is 0.153. The Hall–Kier alpha value is -3.67. The van der Waals surface area contributed by atoms with Gasteiger partial charge in [0.25, 0.3) is 0 Å². The monoisotopic (exact) mass is 489 g/mol. The number of rotatable bonds is 8. The largest absolute Gasteiger partial charge is 0.464 e. The van der Waals surface area contributed by atoms with Crippen LogP contribution in [0.25, 0.3) is 12.2 Å². The van der Waals surface area contributed by atoms with Crippen LogP contribution in [0.1, 0.15) is 58.1 Å². The molecule has 0 bridgehead atoms. The number of esters is 1. The number of likely N-dealkylation sites (tertiary alicyclic amines) is 1. The van der Waals surface area contributed by atoms with Crippen LogP contribution in [0.15, 0.2) is 72.8 Å². The molecule has 1 saturated heterocycles. The van der Waals surface area contributed by atoms with Crippen molar-refractivity contribution in [2.24, 2.45) is 5.41 Å². The highest BCUT2D eigenvalue weighted by atomic mass is 16.6. The molecular formula is C30H35NO5. The Labute approximate surface area is 213 Å². The summed E-state index contributed by atoms with van der Waals surface area (Å²) in [6, 6.07) is 18.5. The van der Waals surface area contributed by atoms with Gasteiger partial charge in [-0.05, 0) is 58.1 Å². The summed E-state index contributed by atoms with van der Waals surface area (Å²) in [6.07, 6.45) is 7.81. The summed E-state index contributed by atoms with van der Waals surface area (Å²) in [7, 11) is 0. The number of nitrogens with zero attached hydrogens (tertiary/aromatic N) is 1. The van der Waals surface area contributed by atoms with Crippen LogP contribution in [0.5, 0.6) is 0 Å². The molecule has 36 heavy (non-hydrogen) atoms. The van der Waals surface area contributed by atoms with E-state index in [2.05, 4.69) is 0 Å². The first-order valence-corrected chi connectivity index (χ1v) is 12.3. The first-order valence-electron chi connectivity index (χ1n) is 12.3. The number of imide groups is 1. The smallest absolute Gasteiger partial charge is 0.417 e. The number of amides is 2. The second-order valence-corrected chi connectivity index (χ2v) is 9.94. The van der Waals surface area contributed by atoms with Gasteiger partial charge in [0, 0.05) is 0 Å². The second-order valence-electron chi connectivity index (χ2n) is 9.94. The molecule has 1 fully saturated rings. The standard InChI is InChI=1S/C30H35NO5/c1-5-35-26(32)25-22-30(20-12-18-23-14-8-6-9-15-23,21-13-19-24-16-10-7-11-17-24)27(33)31(25)28(34)36-29(2,3)4/h6-19,25H,5,20-22H2,1-4H3/b18-12+,19-13+/t25-/m0/s1. The summed E-state index contributed by atoms with van der Waals surface area (Å²) in [5.41, 5.74) is 0.195. The zero-order valence-electron chi connectivity index (χ0n) is 21.5. The van der Waals surface area contributed by atoms with Crippen molar-refractivity contribution >= 4 is 30.1 Å². The van der Waals surface area contributed by atoms with E-state index in [-0.39, 0.29) is 13.0 Å². The first-order chi connectivity index (χ1) is 17.1. The molecule has 190 valence electrons. The van der Waals surface area contributed by atoms with E-state index < -0.39 is 35.0 Å². The molecule has 1 heterocycles. The highest BCUT2D eigenvalue weighted by Crippen LogP contribution is 2.44. The van der Waals surface area contributed by atoms with Crippen LogP contribution >= 0.6 is 0 Å². The molecule has 1 atom stereocenters. The van der Waals surface area contributed by atoms with E-state index in [4.69, 9.17) is 9.47 Å². The van der Waals surface area contributed by atoms with Crippen LogP contribution in [-0.2, 0) is 19.1 Å². The lowest BCUT2D eigenvalue weighted by molar-refractivity contribution is -0.151. The molecule has 2 aromatic rings. The summed E-state index contributed by atoms with van der Waals surface area (Å²) >= 11 is 0. The van der Waals surface area contributed by atoms with E-state index in [9.17, 15) is 14.4 Å². The third-order valence-electron chi connectivity index (χ3n) is 5.95. The number of carbonyl (C=O) groups excluding carboxylic acids is 3. The van der Waals surface area contributed by atoms with E-state index in [0.717, 1.165) is 16.0 Å². The summed E-state index contributed by atoms with van der Waals surface area (Å²) in [5, 5.41) is 0. The van der Waals surface area contributed by atoms with Gasteiger partial charge in [-0.15, -0.1) is 0 Å². The Bertz CT molecular complexity index is 1050. The number of carbonyl (C=O) groups is 3. The zero-order valence-corrected chi connectivity index (χ0v) is 21.5. The van der Waals surface area contributed by atoms with Crippen molar-refractivity contribution < 1.29 is 23.9 Å². The van der Waals surface area contributed by atoms with E-state index in [1.54, 1.807) is 27.7 Å². The Morgan fingerprint density at radius 2 is 1.44 bits per heavy atom. The van der Waals surface area contributed by atoms with Crippen molar-refractivity contribution in [3.8, 4) is 0 Å². The summed E-state index contributed by atoms with van der Waals surface area (Å²) < 4.78 is 10.8. The van der Waals surface area contributed by atoms with Crippen LogP contribution in [0, 0.1) is 5.41 Å². The highest BCUT2D eigenvalue weighted by molar-refractivity contribution is 6.02. The number of benzene rings is 2. The SMILES string of the molecule is CCOC(=O)[C@@H]1CC(C/C=C/c2ccccc2)(C/C=C/c2ccccc2)C(=O)N1C(=O)OC(C)(C)C. The Morgan fingerprint density at radius 3 is 1.89 bits per heavy atom. The van der Waals surface area contributed by atoms with Gasteiger partial charge in [-0.3, -0.25) is 4.79 Å². The van der Waals surface area contributed by atoms with Crippen LogP contribution in [0.4, 0.5) is 4.79 Å². The molecule has 3 rings (SSSR count). The average molecular weight is 490 g/mol. The van der Waals surface area contributed by atoms with Crippen LogP contribution in [0.2, 0.25) is 0 Å². The van der Waals surface area contributed by atoms with E-state index in [1.165, 1.54) is 0 Å². The van der Waals surface area contributed by atoms with E-state index in [0.29, 0.717) is 12.8 Å².